The Morgan fingerprint density at radius 1 is 1.04 bits per heavy atom. The van der Waals surface area contributed by atoms with Crippen LogP contribution in [0.15, 0.2) is 54.6 Å². The van der Waals surface area contributed by atoms with Crippen LogP contribution in [-0.4, -0.2) is 19.6 Å². The summed E-state index contributed by atoms with van der Waals surface area (Å²) < 4.78 is 39.0. The summed E-state index contributed by atoms with van der Waals surface area (Å²) in [5.74, 6) is 1.30. The maximum absolute atomic E-state index is 13.0. The maximum atomic E-state index is 13.0. The van der Waals surface area contributed by atoms with E-state index in [4.69, 9.17) is 0 Å². The molecule has 1 saturated carbocycles. The fraction of sp³-hybridized carbons (Fsp3) is 0.478. The Balaban J connectivity index is 0.000000320. The van der Waals surface area contributed by atoms with Gasteiger partial charge in [-0.05, 0) is 73.9 Å². The summed E-state index contributed by atoms with van der Waals surface area (Å²) in [4.78, 5) is 0. The van der Waals surface area contributed by atoms with Gasteiger partial charge in [-0.2, -0.15) is 13.2 Å². The average molecular weight is 390 g/mol. The molecule has 1 aliphatic heterocycles. The number of nitrogens with one attached hydrogen (secondary N) is 2. The van der Waals surface area contributed by atoms with E-state index in [2.05, 4.69) is 17.6 Å². The molecule has 1 heterocycles. The summed E-state index contributed by atoms with van der Waals surface area (Å²) in [6, 6.07) is 16.2. The Hall–Kier alpha value is -2.01. The molecular weight excluding hydrogens is 361 g/mol. The molecule has 5 heteroatoms. The number of fused-ring (bicyclic) bond motifs is 3. The summed E-state index contributed by atoms with van der Waals surface area (Å²) in [5, 5.41) is 6.69. The number of rotatable bonds is 3. The minimum atomic E-state index is -4.26. The molecule has 0 saturated heterocycles. The van der Waals surface area contributed by atoms with Crippen molar-refractivity contribution in [2.45, 2.75) is 38.3 Å². The highest BCUT2D eigenvalue weighted by atomic mass is 19.4. The van der Waals surface area contributed by atoms with Gasteiger partial charge in [-0.3, -0.25) is 0 Å². The van der Waals surface area contributed by atoms with Crippen molar-refractivity contribution in [3.8, 4) is 0 Å². The van der Waals surface area contributed by atoms with E-state index in [9.17, 15) is 13.2 Å². The van der Waals surface area contributed by atoms with Crippen molar-refractivity contribution in [3.63, 3.8) is 0 Å². The standard InChI is InChI=1S/C17H23F3N2.C6H6/c1-2-21-9-11-3-4-12-10-22-16-6-5-13(17(18,19)20)8-15(16)14(12)7-11;1-2-4-6-5-3-1/h5-6,8,11-12,14,21-22H,2-4,7,9-10H2,1H3;1-6H. The summed E-state index contributed by atoms with van der Waals surface area (Å²) in [6.45, 7) is 4.89. The van der Waals surface area contributed by atoms with Crippen molar-refractivity contribution in [1.29, 1.82) is 0 Å². The molecule has 0 spiro atoms. The predicted molar refractivity (Wildman–Crippen MR) is 108 cm³/mol. The van der Waals surface area contributed by atoms with Crippen molar-refractivity contribution < 1.29 is 13.2 Å². The third kappa shape index (κ3) is 5.28. The molecule has 2 aromatic carbocycles. The van der Waals surface area contributed by atoms with Crippen LogP contribution < -0.4 is 10.6 Å². The molecule has 152 valence electrons. The molecule has 4 rings (SSSR count). The van der Waals surface area contributed by atoms with Crippen LogP contribution >= 0.6 is 0 Å². The van der Waals surface area contributed by atoms with Crippen LogP contribution in [0.1, 0.15) is 43.2 Å². The minimum Gasteiger partial charge on any atom is -0.385 e. The Labute approximate surface area is 165 Å². The smallest absolute Gasteiger partial charge is 0.385 e. The van der Waals surface area contributed by atoms with E-state index < -0.39 is 11.7 Å². The largest absolute Gasteiger partial charge is 0.416 e. The second-order valence-corrected chi connectivity index (χ2v) is 7.69. The molecule has 2 aromatic rings. The molecule has 2 N–H and O–H groups in total. The number of hydrogen-bond donors (Lipinski definition) is 2. The SMILES string of the molecule is CCNCC1CCC2CNc3ccc(C(F)(F)F)cc3C2C1.c1ccccc1. The van der Waals surface area contributed by atoms with Gasteiger partial charge in [-0.15, -0.1) is 0 Å². The highest BCUT2D eigenvalue weighted by molar-refractivity contribution is 5.57. The first-order chi connectivity index (χ1) is 13.5. The van der Waals surface area contributed by atoms with E-state index >= 15 is 0 Å². The molecule has 3 atom stereocenters. The zero-order valence-electron chi connectivity index (χ0n) is 16.3. The average Bonchev–Trinajstić information content (AvgIpc) is 2.72. The first-order valence-electron chi connectivity index (χ1n) is 10.1. The quantitative estimate of drug-likeness (QED) is 0.679. The van der Waals surface area contributed by atoms with Crippen molar-refractivity contribution in [1.82, 2.24) is 5.32 Å². The zero-order valence-corrected chi connectivity index (χ0v) is 16.3. The third-order valence-electron chi connectivity index (χ3n) is 5.78. The first-order valence-corrected chi connectivity index (χ1v) is 10.1. The van der Waals surface area contributed by atoms with E-state index in [1.165, 1.54) is 18.6 Å². The van der Waals surface area contributed by atoms with Crippen LogP contribution in [-0.2, 0) is 6.18 Å². The summed E-state index contributed by atoms with van der Waals surface area (Å²) in [6.07, 6.45) is -0.999. The number of benzene rings is 2. The molecule has 2 nitrogen and oxygen atoms in total. The monoisotopic (exact) mass is 390 g/mol. The lowest BCUT2D eigenvalue weighted by Crippen LogP contribution is -2.36. The zero-order chi connectivity index (χ0) is 20.0. The topological polar surface area (TPSA) is 24.1 Å². The Morgan fingerprint density at radius 2 is 1.71 bits per heavy atom. The second kappa shape index (κ2) is 9.46. The van der Waals surface area contributed by atoms with Gasteiger partial charge in [0.1, 0.15) is 0 Å². The summed E-state index contributed by atoms with van der Waals surface area (Å²) in [5.41, 5.74) is 1.23. The van der Waals surface area contributed by atoms with Gasteiger partial charge in [-0.1, -0.05) is 43.3 Å². The van der Waals surface area contributed by atoms with E-state index in [1.54, 1.807) is 6.07 Å². The van der Waals surface area contributed by atoms with Gasteiger partial charge in [0, 0.05) is 12.2 Å². The fourth-order valence-corrected chi connectivity index (χ4v) is 4.31. The number of hydrogen-bond acceptors (Lipinski definition) is 2. The molecule has 28 heavy (non-hydrogen) atoms. The van der Waals surface area contributed by atoms with Crippen LogP contribution in [0.3, 0.4) is 0 Å². The Morgan fingerprint density at radius 3 is 2.32 bits per heavy atom. The molecule has 1 aliphatic carbocycles. The lowest BCUT2D eigenvalue weighted by atomic mass is 9.69. The van der Waals surface area contributed by atoms with Gasteiger partial charge < -0.3 is 10.6 Å². The molecular formula is C23H29F3N2. The summed E-state index contributed by atoms with van der Waals surface area (Å²) >= 11 is 0. The highest BCUT2D eigenvalue weighted by Crippen LogP contribution is 2.47. The van der Waals surface area contributed by atoms with Crippen LogP contribution in [0.25, 0.3) is 0 Å². The van der Waals surface area contributed by atoms with Gasteiger partial charge >= 0.3 is 6.18 Å². The van der Waals surface area contributed by atoms with Crippen LogP contribution in [0, 0.1) is 11.8 Å². The molecule has 0 radical (unpaired) electrons. The molecule has 2 aliphatic rings. The van der Waals surface area contributed by atoms with Crippen LogP contribution in [0.5, 0.6) is 0 Å². The van der Waals surface area contributed by atoms with Crippen molar-refractivity contribution >= 4 is 5.69 Å². The Bertz CT molecular complexity index is 704. The molecule has 0 bridgehead atoms. The summed E-state index contributed by atoms with van der Waals surface area (Å²) in [7, 11) is 0. The van der Waals surface area contributed by atoms with Crippen LogP contribution in [0.4, 0.5) is 18.9 Å². The number of alkyl halides is 3. The number of halogens is 3. The van der Waals surface area contributed by atoms with Crippen molar-refractivity contribution in [3.05, 3.63) is 65.7 Å². The van der Waals surface area contributed by atoms with Crippen LogP contribution in [0.2, 0.25) is 0 Å². The molecule has 0 amide bonds. The molecule has 1 fully saturated rings. The van der Waals surface area contributed by atoms with Gasteiger partial charge in [0.15, 0.2) is 0 Å². The minimum absolute atomic E-state index is 0.260. The first kappa shape index (κ1) is 20.7. The van der Waals surface area contributed by atoms with E-state index in [0.717, 1.165) is 43.7 Å². The number of anilines is 1. The lowest BCUT2D eigenvalue weighted by Gasteiger charge is -2.41. The van der Waals surface area contributed by atoms with Crippen molar-refractivity contribution in [2.24, 2.45) is 11.8 Å². The maximum Gasteiger partial charge on any atom is 0.416 e. The molecule has 3 unspecified atom stereocenters. The second-order valence-electron chi connectivity index (χ2n) is 7.69. The Kier molecular flexibility index (Phi) is 7.00. The molecule has 0 aromatic heterocycles. The van der Waals surface area contributed by atoms with E-state index in [0.29, 0.717) is 11.8 Å². The predicted octanol–water partition coefficient (Wildman–Crippen LogP) is 5.93. The van der Waals surface area contributed by atoms with Gasteiger partial charge in [0.25, 0.3) is 0 Å². The normalized spacial score (nSPS) is 23.5. The van der Waals surface area contributed by atoms with Gasteiger partial charge in [0.2, 0.25) is 0 Å². The van der Waals surface area contributed by atoms with E-state index in [-0.39, 0.29) is 5.92 Å². The third-order valence-corrected chi connectivity index (χ3v) is 5.78. The fourth-order valence-electron chi connectivity index (χ4n) is 4.31. The van der Waals surface area contributed by atoms with Crippen molar-refractivity contribution in [2.75, 3.05) is 25.0 Å². The lowest BCUT2D eigenvalue weighted by molar-refractivity contribution is -0.137. The van der Waals surface area contributed by atoms with Gasteiger partial charge in [0.05, 0.1) is 5.56 Å². The van der Waals surface area contributed by atoms with Gasteiger partial charge in [-0.25, -0.2) is 0 Å². The highest BCUT2D eigenvalue weighted by Gasteiger charge is 2.37. The van der Waals surface area contributed by atoms with E-state index in [1.807, 2.05) is 36.4 Å².